The third kappa shape index (κ3) is 3.49. The number of benzene rings is 1. The lowest BCUT2D eigenvalue weighted by Crippen LogP contribution is -2.32. The fourth-order valence-electron chi connectivity index (χ4n) is 2.61. The predicted molar refractivity (Wildman–Crippen MR) is 82.5 cm³/mol. The van der Waals surface area contributed by atoms with Crippen LogP contribution in [0.5, 0.6) is 5.88 Å². The molecule has 1 aromatic carbocycles. The zero-order valence-corrected chi connectivity index (χ0v) is 12.9. The molecule has 1 saturated heterocycles. The van der Waals surface area contributed by atoms with Crippen LogP contribution in [-0.4, -0.2) is 40.0 Å². The molecule has 122 valence electrons. The summed E-state index contributed by atoms with van der Waals surface area (Å²) in [6.07, 6.45) is 3.27. The Hall–Kier alpha value is -3.01. The smallest absolute Gasteiger partial charge is 0.251 e. The molecule has 1 aromatic heterocycles. The highest BCUT2D eigenvalue weighted by molar-refractivity contribution is 5.79. The molecule has 0 bridgehead atoms. The number of hydrogen-bond acceptors (Lipinski definition) is 5. The zero-order chi connectivity index (χ0) is 16.9. The summed E-state index contributed by atoms with van der Waals surface area (Å²) >= 11 is 0. The van der Waals surface area contributed by atoms with E-state index in [1.807, 2.05) is 6.07 Å². The van der Waals surface area contributed by atoms with E-state index < -0.39 is 0 Å². The maximum Gasteiger partial charge on any atom is 0.251 e. The van der Waals surface area contributed by atoms with Crippen LogP contribution in [-0.2, 0) is 11.2 Å². The largest absolute Gasteiger partial charge is 0.470 e. The average Bonchev–Trinajstić information content (AvgIpc) is 3.06. The summed E-state index contributed by atoms with van der Waals surface area (Å²) in [4.78, 5) is 21.8. The van der Waals surface area contributed by atoms with Crippen molar-refractivity contribution in [2.24, 2.45) is 0 Å². The van der Waals surface area contributed by atoms with Crippen molar-refractivity contribution in [3.63, 3.8) is 0 Å². The summed E-state index contributed by atoms with van der Waals surface area (Å²) in [6, 6.07) is 8.17. The van der Waals surface area contributed by atoms with Crippen molar-refractivity contribution in [1.82, 2.24) is 14.9 Å². The van der Waals surface area contributed by atoms with Crippen LogP contribution in [0, 0.1) is 17.1 Å². The summed E-state index contributed by atoms with van der Waals surface area (Å²) in [5, 5.41) is 8.99. The number of carbonyl (C=O) groups excluding carboxylic acids is 1. The molecule has 0 saturated carbocycles. The van der Waals surface area contributed by atoms with E-state index in [-0.39, 0.29) is 35.8 Å². The van der Waals surface area contributed by atoms with E-state index in [0.717, 1.165) is 0 Å². The van der Waals surface area contributed by atoms with Crippen LogP contribution in [0.2, 0.25) is 0 Å². The van der Waals surface area contributed by atoms with Crippen molar-refractivity contribution in [1.29, 1.82) is 5.26 Å². The highest BCUT2D eigenvalue weighted by Crippen LogP contribution is 2.19. The van der Waals surface area contributed by atoms with E-state index >= 15 is 0 Å². The van der Waals surface area contributed by atoms with Gasteiger partial charge in [-0.1, -0.05) is 18.2 Å². The minimum atomic E-state index is -0.379. The van der Waals surface area contributed by atoms with Crippen LogP contribution in [0.3, 0.4) is 0 Å². The van der Waals surface area contributed by atoms with Crippen molar-refractivity contribution in [3.05, 3.63) is 53.7 Å². The molecule has 0 N–H and O–H groups in total. The van der Waals surface area contributed by atoms with Crippen molar-refractivity contribution in [2.45, 2.75) is 18.9 Å². The molecule has 1 atom stereocenters. The predicted octanol–water partition coefficient (Wildman–Crippen LogP) is 1.71. The Labute approximate surface area is 138 Å². The first kappa shape index (κ1) is 15.9. The molecule has 0 spiro atoms. The summed E-state index contributed by atoms with van der Waals surface area (Å²) in [5.41, 5.74) is 0.501. The lowest BCUT2D eigenvalue weighted by molar-refractivity contribution is -0.129. The molecule has 0 aliphatic carbocycles. The maximum atomic E-state index is 13.6. The molecule has 1 aliphatic heterocycles. The molecule has 6 nitrogen and oxygen atoms in total. The Morgan fingerprint density at radius 1 is 1.38 bits per heavy atom. The fourth-order valence-corrected chi connectivity index (χ4v) is 2.61. The Balaban J connectivity index is 1.60. The molecular formula is C17H15FN4O2. The second kappa shape index (κ2) is 7.04. The highest BCUT2D eigenvalue weighted by Gasteiger charge is 2.28. The second-order valence-corrected chi connectivity index (χ2v) is 5.46. The van der Waals surface area contributed by atoms with Gasteiger partial charge < -0.3 is 9.64 Å². The number of hydrogen-bond donors (Lipinski definition) is 0. The number of carbonyl (C=O) groups is 1. The third-order valence-electron chi connectivity index (χ3n) is 3.85. The van der Waals surface area contributed by atoms with E-state index in [0.29, 0.717) is 25.1 Å². The maximum absolute atomic E-state index is 13.6. The van der Waals surface area contributed by atoms with Gasteiger partial charge in [0.05, 0.1) is 13.0 Å². The molecular weight excluding hydrogens is 311 g/mol. The van der Waals surface area contributed by atoms with Crippen molar-refractivity contribution in [3.8, 4) is 11.9 Å². The van der Waals surface area contributed by atoms with Crippen molar-refractivity contribution < 1.29 is 13.9 Å². The number of aromatic nitrogens is 2. The summed E-state index contributed by atoms with van der Waals surface area (Å²) in [7, 11) is 0. The van der Waals surface area contributed by atoms with Crippen LogP contribution in [0.4, 0.5) is 4.39 Å². The molecule has 3 rings (SSSR count). The molecule has 1 fully saturated rings. The fraction of sp³-hybridized carbons (Fsp3) is 0.294. The van der Waals surface area contributed by atoms with Gasteiger partial charge in [0, 0.05) is 25.4 Å². The normalized spacial score (nSPS) is 16.7. The first-order chi connectivity index (χ1) is 11.7. The van der Waals surface area contributed by atoms with Gasteiger partial charge in [-0.05, 0) is 11.6 Å². The number of rotatable bonds is 4. The van der Waals surface area contributed by atoms with E-state index in [4.69, 9.17) is 10.00 Å². The minimum Gasteiger partial charge on any atom is -0.470 e. The summed E-state index contributed by atoms with van der Waals surface area (Å²) < 4.78 is 19.3. The third-order valence-corrected chi connectivity index (χ3v) is 3.85. The molecule has 0 radical (unpaired) electrons. The van der Waals surface area contributed by atoms with Gasteiger partial charge in [0.25, 0.3) is 5.88 Å². The SMILES string of the molecule is N#Cc1nccnc1OC1CCN(C(=O)Cc2ccccc2F)C1. The van der Waals surface area contributed by atoms with Gasteiger partial charge in [-0.25, -0.2) is 14.4 Å². The summed E-state index contributed by atoms with van der Waals surface area (Å²) in [6.45, 7) is 0.912. The molecule has 7 heteroatoms. The number of nitriles is 1. The van der Waals surface area contributed by atoms with E-state index in [1.54, 1.807) is 23.1 Å². The van der Waals surface area contributed by atoms with Gasteiger partial charge in [-0.3, -0.25) is 4.79 Å². The molecule has 24 heavy (non-hydrogen) atoms. The van der Waals surface area contributed by atoms with Crippen LogP contribution < -0.4 is 4.74 Å². The topological polar surface area (TPSA) is 79.1 Å². The van der Waals surface area contributed by atoms with Crippen LogP contribution in [0.1, 0.15) is 17.7 Å². The van der Waals surface area contributed by atoms with Crippen molar-refractivity contribution >= 4 is 5.91 Å². The van der Waals surface area contributed by atoms with Crippen LogP contribution in [0.25, 0.3) is 0 Å². The van der Waals surface area contributed by atoms with Gasteiger partial charge in [0.15, 0.2) is 0 Å². The molecule has 2 heterocycles. The van der Waals surface area contributed by atoms with Crippen LogP contribution >= 0.6 is 0 Å². The molecule has 2 aromatic rings. The van der Waals surface area contributed by atoms with Gasteiger partial charge in [-0.15, -0.1) is 0 Å². The minimum absolute atomic E-state index is 0.0218. The Morgan fingerprint density at radius 3 is 2.96 bits per heavy atom. The lowest BCUT2D eigenvalue weighted by atomic mass is 10.1. The quantitative estimate of drug-likeness (QED) is 0.854. The Kier molecular flexibility index (Phi) is 4.66. The Bertz CT molecular complexity index is 790. The second-order valence-electron chi connectivity index (χ2n) is 5.46. The number of nitrogens with zero attached hydrogens (tertiary/aromatic N) is 4. The molecule has 1 aliphatic rings. The number of amides is 1. The first-order valence-electron chi connectivity index (χ1n) is 7.56. The van der Waals surface area contributed by atoms with Gasteiger partial charge in [0.1, 0.15) is 18.0 Å². The van der Waals surface area contributed by atoms with Gasteiger partial charge in [-0.2, -0.15) is 5.26 Å². The van der Waals surface area contributed by atoms with Crippen LogP contribution in [0.15, 0.2) is 36.7 Å². The van der Waals surface area contributed by atoms with E-state index in [2.05, 4.69) is 9.97 Å². The standard InChI is InChI=1S/C17H15FN4O2/c18-14-4-2-1-3-12(14)9-16(23)22-8-5-13(11-22)24-17-15(10-19)20-6-7-21-17/h1-4,6-7,13H,5,8-9,11H2. The highest BCUT2D eigenvalue weighted by atomic mass is 19.1. The van der Waals surface area contributed by atoms with Gasteiger partial charge >= 0.3 is 0 Å². The monoisotopic (exact) mass is 326 g/mol. The van der Waals surface area contributed by atoms with E-state index in [9.17, 15) is 9.18 Å². The summed E-state index contributed by atoms with van der Waals surface area (Å²) in [5.74, 6) is -0.352. The van der Waals surface area contributed by atoms with E-state index in [1.165, 1.54) is 18.5 Å². The van der Waals surface area contributed by atoms with Gasteiger partial charge in [0.2, 0.25) is 11.6 Å². The zero-order valence-electron chi connectivity index (χ0n) is 12.9. The number of halogens is 1. The Morgan fingerprint density at radius 2 is 2.17 bits per heavy atom. The number of likely N-dealkylation sites (tertiary alicyclic amines) is 1. The molecule has 1 amide bonds. The lowest BCUT2D eigenvalue weighted by Gasteiger charge is -2.17. The molecule has 1 unspecified atom stereocenters. The van der Waals surface area contributed by atoms with Crippen molar-refractivity contribution in [2.75, 3.05) is 13.1 Å². The number of ether oxygens (including phenoxy) is 1. The average molecular weight is 326 g/mol. The first-order valence-corrected chi connectivity index (χ1v) is 7.56.